The van der Waals surface area contributed by atoms with Gasteiger partial charge in [-0.15, -0.1) is 0 Å². The molecule has 2 heterocycles. The van der Waals surface area contributed by atoms with Gasteiger partial charge in [0.2, 0.25) is 5.91 Å². The van der Waals surface area contributed by atoms with Crippen LogP contribution in [0.2, 0.25) is 0 Å². The number of hydrogen-bond acceptors (Lipinski definition) is 7. The molecule has 2 aliphatic heterocycles. The first-order valence-corrected chi connectivity index (χ1v) is 8.98. The number of carbonyl (C=O) groups excluding carboxylic acids is 3. The topological polar surface area (TPSA) is 143 Å². The molecule has 158 valence electrons. The molecular weight excluding hydrogens is 387 g/mol. The van der Waals surface area contributed by atoms with E-state index in [4.69, 9.17) is 10.5 Å². The van der Waals surface area contributed by atoms with E-state index in [0.29, 0.717) is 0 Å². The van der Waals surface area contributed by atoms with Crippen molar-refractivity contribution < 1.29 is 33.4 Å². The highest BCUT2D eigenvalue weighted by atomic mass is 19.1. The molecule has 11 heteroatoms. The second-order valence-corrected chi connectivity index (χ2v) is 7.22. The largest absolute Gasteiger partial charge is 0.453 e. The number of anilines is 1. The van der Waals surface area contributed by atoms with Crippen LogP contribution in [0.15, 0.2) is 18.2 Å². The van der Waals surface area contributed by atoms with E-state index in [1.54, 1.807) is 4.90 Å². The third-order valence-electron chi connectivity index (χ3n) is 5.50. The predicted molar refractivity (Wildman–Crippen MR) is 98.8 cm³/mol. The van der Waals surface area contributed by atoms with E-state index < -0.39 is 47.6 Å². The van der Waals surface area contributed by atoms with Crippen LogP contribution >= 0.6 is 0 Å². The van der Waals surface area contributed by atoms with Gasteiger partial charge in [-0.25, -0.2) is 14.0 Å². The molecule has 3 rings (SSSR count). The molecule has 5 N–H and O–H groups in total. The molecule has 0 bridgehead atoms. The maximum absolute atomic E-state index is 14.9. The van der Waals surface area contributed by atoms with Gasteiger partial charge >= 0.3 is 12.2 Å². The predicted octanol–water partition coefficient (Wildman–Crippen LogP) is -0.417. The first-order valence-electron chi connectivity index (χ1n) is 8.98. The van der Waals surface area contributed by atoms with Crippen molar-refractivity contribution in [1.29, 1.82) is 0 Å². The van der Waals surface area contributed by atoms with Crippen molar-refractivity contribution in [1.82, 2.24) is 10.6 Å². The maximum atomic E-state index is 14.9. The zero-order valence-electron chi connectivity index (χ0n) is 16.0. The molecule has 4 unspecified atom stereocenters. The third kappa shape index (κ3) is 3.77. The molecule has 1 aromatic carbocycles. The minimum Gasteiger partial charge on any atom is -0.453 e. The van der Waals surface area contributed by atoms with Crippen LogP contribution in [0, 0.1) is 5.82 Å². The van der Waals surface area contributed by atoms with Crippen molar-refractivity contribution in [3.63, 3.8) is 0 Å². The fourth-order valence-corrected chi connectivity index (χ4v) is 3.62. The highest BCUT2D eigenvalue weighted by Crippen LogP contribution is 2.34. The zero-order valence-corrected chi connectivity index (χ0v) is 16.0. The van der Waals surface area contributed by atoms with Gasteiger partial charge in [0.1, 0.15) is 17.3 Å². The Hall–Kier alpha value is -3.08. The number of halogens is 1. The number of benzene rings is 1. The van der Waals surface area contributed by atoms with Crippen molar-refractivity contribution in [2.24, 2.45) is 5.73 Å². The highest BCUT2D eigenvalue weighted by molar-refractivity contribution is 5.88. The minimum atomic E-state index is -1.43. The van der Waals surface area contributed by atoms with Crippen LogP contribution < -0.4 is 21.3 Å². The number of cyclic esters (lactones) is 1. The van der Waals surface area contributed by atoms with Gasteiger partial charge in [0, 0.05) is 13.1 Å². The summed E-state index contributed by atoms with van der Waals surface area (Å²) in [5.41, 5.74) is 4.58. The number of nitrogens with two attached hydrogens (primary N) is 1. The summed E-state index contributed by atoms with van der Waals surface area (Å²) >= 11 is 0. The number of alkyl carbamates (subject to hydrolysis) is 2. The molecule has 1 aromatic rings. The molecule has 2 fully saturated rings. The summed E-state index contributed by atoms with van der Waals surface area (Å²) in [4.78, 5) is 36.5. The van der Waals surface area contributed by atoms with Gasteiger partial charge in [0.25, 0.3) is 0 Å². The number of hydrogen-bond donors (Lipinski definition) is 4. The Labute approximate surface area is 166 Å². The minimum absolute atomic E-state index is 0.0703. The Bertz CT molecular complexity index is 837. The first kappa shape index (κ1) is 20.6. The normalized spacial score (nSPS) is 25.7. The number of rotatable bonds is 5. The summed E-state index contributed by atoms with van der Waals surface area (Å²) < 4.78 is 24.6. The van der Waals surface area contributed by atoms with Crippen LogP contribution in [-0.4, -0.2) is 68.2 Å². The molecule has 0 aliphatic carbocycles. The quantitative estimate of drug-likeness (QED) is 0.516. The van der Waals surface area contributed by atoms with E-state index in [9.17, 15) is 23.9 Å². The standard InChI is InChI=1S/C18H23FN4O6/c1-18(15(20)25,14-6-21-16(26)29-14)9-3-4-12(10(19)5-9)23-7-11(13(24)8-23)22-17(27)28-2/h3-5,11,13-14,24H,6-8H2,1-2H3,(H2,20,25)(H,21,26)(H,22,27). The Kier molecular flexibility index (Phi) is 5.51. The van der Waals surface area contributed by atoms with Gasteiger partial charge in [0.05, 0.1) is 31.5 Å². The number of aliphatic hydroxyl groups is 1. The number of primary amides is 1. The average Bonchev–Trinajstić information content (AvgIpc) is 3.26. The monoisotopic (exact) mass is 410 g/mol. The number of ether oxygens (including phenoxy) is 2. The van der Waals surface area contributed by atoms with Crippen molar-refractivity contribution in [2.75, 3.05) is 31.6 Å². The third-order valence-corrected chi connectivity index (χ3v) is 5.50. The number of aliphatic hydroxyl groups excluding tert-OH is 1. The Morgan fingerprint density at radius 3 is 2.72 bits per heavy atom. The number of β-amino-alcohol motifs (C(OH)–C–C–N with tert-alkyl or cyclic N) is 1. The lowest BCUT2D eigenvalue weighted by Gasteiger charge is -2.31. The summed E-state index contributed by atoms with van der Waals surface area (Å²) in [5.74, 6) is -1.40. The molecule has 2 aliphatic rings. The second-order valence-electron chi connectivity index (χ2n) is 7.22. The Morgan fingerprint density at radius 1 is 1.45 bits per heavy atom. The Morgan fingerprint density at radius 2 is 2.17 bits per heavy atom. The molecule has 0 aromatic heterocycles. The number of methoxy groups -OCH3 is 1. The molecule has 29 heavy (non-hydrogen) atoms. The van der Waals surface area contributed by atoms with E-state index in [1.807, 2.05) is 0 Å². The summed E-state index contributed by atoms with van der Waals surface area (Å²) in [5, 5.41) is 15.1. The van der Waals surface area contributed by atoms with Crippen LogP contribution in [0.25, 0.3) is 0 Å². The summed E-state index contributed by atoms with van der Waals surface area (Å²) in [6.07, 6.45) is -3.15. The average molecular weight is 410 g/mol. The van der Waals surface area contributed by atoms with Gasteiger partial charge in [0.15, 0.2) is 0 Å². The number of carbonyl (C=O) groups is 3. The van der Waals surface area contributed by atoms with Crippen LogP contribution in [-0.2, 0) is 19.7 Å². The van der Waals surface area contributed by atoms with E-state index >= 15 is 0 Å². The van der Waals surface area contributed by atoms with Gasteiger partial charge in [-0.05, 0) is 24.6 Å². The highest BCUT2D eigenvalue weighted by Gasteiger charge is 2.47. The lowest BCUT2D eigenvalue weighted by Crippen LogP contribution is -2.49. The number of nitrogens with zero attached hydrogens (tertiary/aromatic N) is 1. The molecule has 0 radical (unpaired) electrons. The van der Waals surface area contributed by atoms with Crippen molar-refractivity contribution in [3.8, 4) is 0 Å². The summed E-state index contributed by atoms with van der Waals surface area (Å²) in [6, 6.07) is 3.53. The molecule has 10 nitrogen and oxygen atoms in total. The van der Waals surface area contributed by atoms with Crippen LogP contribution in [0.5, 0.6) is 0 Å². The van der Waals surface area contributed by atoms with E-state index in [2.05, 4.69) is 15.4 Å². The SMILES string of the molecule is COC(=O)NC1CN(c2ccc(C(C)(C(N)=O)C3CNC(=O)O3)cc2F)CC1O. The maximum Gasteiger partial charge on any atom is 0.407 e. The van der Waals surface area contributed by atoms with E-state index in [-0.39, 0.29) is 30.9 Å². The molecule has 2 saturated heterocycles. The van der Waals surface area contributed by atoms with Gasteiger partial charge in [-0.3, -0.25) is 4.79 Å². The van der Waals surface area contributed by atoms with Crippen LogP contribution in [0.4, 0.5) is 19.7 Å². The van der Waals surface area contributed by atoms with E-state index in [0.717, 1.165) is 0 Å². The zero-order chi connectivity index (χ0) is 21.3. The number of nitrogens with one attached hydrogen (secondary N) is 2. The second kappa shape index (κ2) is 7.74. The Balaban J connectivity index is 1.84. The summed E-state index contributed by atoms with van der Waals surface area (Å²) in [6.45, 7) is 1.83. The fourth-order valence-electron chi connectivity index (χ4n) is 3.62. The molecule has 0 saturated carbocycles. The lowest BCUT2D eigenvalue weighted by atomic mass is 9.76. The van der Waals surface area contributed by atoms with Crippen molar-refractivity contribution in [3.05, 3.63) is 29.6 Å². The number of amides is 3. The lowest BCUT2D eigenvalue weighted by molar-refractivity contribution is -0.126. The van der Waals surface area contributed by atoms with Crippen LogP contribution in [0.1, 0.15) is 12.5 Å². The van der Waals surface area contributed by atoms with Crippen molar-refractivity contribution in [2.45, 2.75) is 30.6 Å². The smallest absolute Gasteiger partial charge is 0.407 e. The fraction of sp³-hybridized carbons (Fsp3) is 0.500. The first-order chi connectivity index (χ1) is 13.7. The molecule has 4 atom stereocenters. The van der Waals surface area contributed by atoms with Crippen molar-refractivity contribution >= 4 is 23.8 Å². The van der Waals surface area contributed by atoms with Gasteiger partial charge in [-0.2, -0.15) is 0 Å². The van der Waals surface area contributed by atoms with Gasteiger partial charge < -0.3 is 35.8 Å². The summed E-state index contributed by atoms with van der Waals surface area (Å²) in [7, 11) is 1.21. The van der Waals surface area contributed by atoms with Crippen LogP contribution in [0.3, 0.4) is 0 Å². The molecule has 0 spiro atoms. The van der Waals surface area contributed by atoms with Gasteiger partial charge in [-0.1, -0.05) is 6.07 Å². The molecule has 3 amide bonds. The molecular formula is C18H23FN4O6. The van der Waals surface area contributed by atoms with E-state index in [1.165, 1.54) is 32.2 Å².